The van der Waals surface area contributed by atoms with Crippen molar-refractivity contribution in [2.24, 2.45) is 0 Å². The number of hydrogen-bond donors (Lipinski definition) is 0. The van der Waals surface area contributed by atoms with Crippen molar-refractivity contribution < 1.29 is 9.13 Å². The van der Waals surface area contributed by atoms with E-state index in [2.05, 4.69) is 16.7 Å². The van der Waals surface area contributed by atoms with E-state index in [-0.39, 0.29) is 5.82 Å². The summed E-state index contributed by atoms with van der Waals surface area (Å²) >= 11 is 0. The van der Waals surface area contributed by atoms with E-state index in [9.17, 15) is 4.39 Å². The SMILES string of the molecule is CCC1CN2CCCCC2CN1c1ccc(OC)c(F)c1. The second-order valence-corrected chi connectivity index (χ2v) is 6.18. The smallest absolute Gasteiger partial charge is 0.167 e. The molecule has 1 aromatic rings. The Morgan fingerprint density at radius 1 is 1.29 bits per heavy atom. The third-order valence-corrected chi connectivity index (χ3v) is 4.98. The van der Waals surface area contributed by atoms with Crippen LogP contribution in [-0.4, -0.2) is 43.7 Å². The Labute approximate surface area is 126 Å². The highest BCUT2D eigenvalue weighted by Gasteiger charge is 2.34. The first-order valence-electron chi connectivity index (χ1n) is 8.07. The molecule has 116 valence electrons. The number of piperazine rings is 1. The average molecular weight is 292 g/mol. The summed E-state index contributed by atoms with van der Waals surface area (Å²) in [6.45, 7) is 5.58. The van der Waals surface area contributed by atoms with Crippen LogP contribution in [0.15, 0.2) is 18.2 Å². The normalized spacial score (nSPS) is 26.5. The second-order valence-electron chi connectivity index (χ2n) is 6.18. The Bertz CT molecular complexity index is 494. The van der Waals surface area contributed by atoms with Crippen LogP contribution in [0, 0.1) is 5.82 Å². The minimum absolute atomic E-state index is 0.268. The number of methoxy groups -OCH3 is 1. The fraction of sp³-hybridized carbons (Fsp3) is 0.647. The van der Waals surface area contributed by atoms with E-state index >= 15 is 0 Å². The number of piperidine rings is 1. The van der Waals surface area contributed by atoms with Crippen LogP contribution in [0.3, 0.4) is 0 Å². The predicted molar refractivity (Wildman–Crippen MR) is 83.6 cm³/mol. The zero-order valence-corrected chi connectivity index (χ0v) is 13.0. The molecule has 0 saturated carbocycles. The van der Waals surface area contributed by atoms with E-state index < -0.39 is 0 Å². The summed E-state index contributed by atoms with van der Waals surface area (Å²) in [7, 11) is 1.51. The molecule has 1 aromatic carbocycles. The van der Waals surface area contributed by atoms with E-state index in [1.165, 1.54) is 32.9 Å². The zero-order chi connectivity index (χ0) is 14.8. The highest BCUT2D eigenvalue weighted by molar-refractivity contribution is 5.51. The van der Waals surface area contributed by atoms with Crippen LogP contribution in [-0.2, 0) is 0 Å². The molecule has 2 atom stereocenters. The summed E-state index contributed by atoms with van der Waals surface area (Å²) in [4.78, 5) is 5.03. The fourth-order valence-electron chi connectivity index (χ4n) is 3.75. The lowest BCUT2D eigenvalue weighted by atomic mass is 9.95. The van der Waals surface area contributed by atoms with Gasteiger partial charge in [0.1, 0.15) is 0 Å². The number of halogens is 1. The van der Waals surface area contributed by atoms with Gasteiger partial charge in [0.25, 0.3) is 0 Å². The molecule has 2 saturated heterocycles. The van der Waals surface area contributed by atoms with Crippen molar-refractivity contribution in [2.45, 2.75) is 44.7 Å². The highest BCUT2D eigenvalue weighted by Crippen LogP contribution is 2.31. The molecule has 2 aliphatic rings. The molecule has 0 aliphatic carbocycles. The van der Waals surface area contributed by atoms with Crippen molar-refractivity contribution in [3.05, 3.63) is 24.0 Å². The molecule has 21 heavy (non-hydrogen) atoms. The predicted octanol–water partition coefficient (Wildman–Crippen LogP) is 3.29. The third-order valence-electron chi connectivity index (χ3n) is 4.98. The number of hydrogen-bond acceptors (Lipinski definition) is 3. The molecule has 0 N–H and O–H groups in total. The molecule has 0 spiro atoms. The molecule has 0 radical (unpaired) electrons. The highest BCUT2D eigenvalue weighted by atomic mass is 19.1. The number of fused-ring (bicyclic) bond motifs is 1. The molecule has 2 fully saturated rings. The van der Waals surface area contributed by atoms with Gasteiger partial charge in [0, 0.05) is 36.9 Å². The van der Waals surface area contributed by atoms with E-state index in [1.807, 2.05) is 6.07 Å². The molecule has 0 aromatic heterocycles. The van der Waals surface area contributed by atoms with Crippen LogP contribution in [0.1, 0.15) is 32.6 Å². The van der Waals surface area contributed by atoms with E-state index in [4.69, 9.17) is 4.74 Å². The van der Waals surface area contributed by atoms with E-state index in [0.717, 1.165) is 25.2 Å². The van der Waals surface area contributed by atoms with Gasteiger partial charge in [0.2, 0.25) is 0 Å². The lowest BCUT2D eigenvalue weighted by Crippen LogP contribution is -2.59. The fourth-order valence-corrected chi connectivity index (χ4v) is 3.75. The lowest BCUT2D eigenvalue weighted by Gasteiger charge is -2.49. The largest absolute Gasteiger partial charge is 0.494 e. The topological polar surface area (TPSA) is 15.7 Å². The van der Waals surface area contributed by atoms with Crippen molar-refractivity contribution in [1.82, 2.24) is 4.90 Å². The van der Waals surface area contributed by atoms with Gasteiger partial charge in [-0.25, -0.2) is 4.39 Å². The molecule has 2 unspecified atom stereocenters. The van der Waals surface area contributed by atoms with Gasteiger partial charge in [-0.2, -0.15) is 0 Å². The van der Waals surface area contributed by atoms with E-state index in [0.29, 0.717) is 17.8 Å². The maximum absolute atomic E-state index is 14.0. The monoisotopic (exact) mass is 292 g/mol. The minimum atomic E-state index is -0.268. The van der Waals surface area contributed by atoms with Crippen LogP contribution in [0.2, 0.25) is 0 Å². The number of ether oxygens (including phenoxy) is 1. The Morgan fingerprint density at radius 2 is 2.14 bits per heavy atom. The summed E-state index contributed by atoms with van der Waals surface area (Å²) in [6.07, 6.45) is 5.01. The van der Waals surface area contributed by atoms with Gasteiger partial charge < -0.3 is 9.64 Å². The Hall–Kier alpha value is -1.29. The Kier molecular flexibility index (Phi) is 4.34. The molecule has 2 heterocycles. The summed E-state index contributed by atoms with van der Waals surface area (Å²) in [5, 5.41) is 0. The number of anilines is 1. The maximum Gasteiger partial charge on any atom is 0.167 e. The molecule has 3 nitrogen and oxygen atoms in total. The Balaban J connectivity index is 1.83. The molecular formula is C17H25FN2O. The van der Waals surface area contributed by atoms with Crippen molar-refractivity contribution in [3.63, 3.8) is 0 Å². The molecule has 0 bridgehead atoms. The van der Waals surface area contributed by atoms with Gasteiger partial charge in [-0.3, -0.25) is 4.90 Å². The molecule has 2 aliphatic heterocycles. The van der Waals surface area contributed by atoms with Gasteiger partial charge >= 0.3 is 0 Å². The number of rotatable bonds is 3. The first kappa shape index (κ1) is 14.6. The Morgan fingerprint density at radius 3 is 2.86 bits per heavy atom. The number of benzene rings is 1. The molecule has 4 heteroatoms. The maximum atomic E-state index is 14.0. The standard InChI is InChI=1S/C17H25FN2O/c1-3-13-11-19-9-5-4-6-15(19)12-20(13)14-7-8-17(21-2)16(18)10-14/h7-8,10,13,15H,3-6,9,11-12H2,1-2H3. The van der Waals surface area contributed by atoms with Crippen LogP contribution < -0.4 is 9.64 Å². The van der Waals surface area contributed by atoms with Gasteiger partial charge in [-0.1, -0.05) is 13.3 Å². The van der Waals surface area contributed by atoms with Crippen molar-refractivity contribution >= 4 is 5.69 Å². The summed E-state index contributed by atoms with van der Waals surface area (Å²) in [6, 6.07) is 6.46. The van der Waals surface area contributed by atoms with Gasteiger partial charge in [-0.05, 0) is 37.9 Å². The van der Waals surface area contributed by atoms with Crippen LogP contribution in [0.4, 0.5) is 10.1 Å². The van der Waals surface area contributed by atoms with Gasteiger partial charge in [0.05, 0.1) is 7.11 Å². The van der Waals surface area contributed by atoms with Crippen LogP contribution in [0.5, 0.6) is 5.75 Å². The first-order valence-corrected chi connectivity index (χ1v) is 8.07. The number of nitrogens with zero attached hydrogens (tertiary/aromatic N) is 2. The van der Waals surface area contributed by atoms with E-state index in [1.54, 1.807) is 12.1 Å². The van der Waals surface area contributed by atoms with Crippen LogP contribution >= 0.6 is 0 Å². The van der Waals surface area contributed by atoms with Crippen molar-refractivity contribution in [3.8, 4) is 5.75 Å². The molecular weight excluding hydrogens is 267 g/mol. The summed E-state index contributed by atoms with van der Waals surface area (Å²) in [5.41, 5.74) is 0.991. The molecule has 3 rings (SSSR count). The quantitative estimate of drug-likeness (QED) is 0.850. The average Bonchev–Trinajstić information content (AvgIpc) is 2.53. The summed E-state index contributed by atoms with van der Waals surface area (Å²) in [5.74, 6) is 0.0547. The first-order chi connectivity index (χ1) is 10.2. The van der Waals surface area contributed by atoms with Gasteiger partial charge in [0.15, 0.2) is 11.6 Å². The second kappa shape index (κ2) is 6.22. The zero-order valence-electron chi connectivity index (χ0n) is 13.0. The van der Waals surface area contributed by atoms with Crippen molar-refractivity contribution in [1.29, 1.82) is 0 Å². The van der Waals surface area contributed by atoms with Gasteiger partial charge in [-0.15, -0.1) is 0 Å². The van der Waals surface area contributed by atoms with Crippen LogP contribution in [0.25, 0.3) is 0 Å². The third kappa shape index (κ3) is 2.86. The molecule has 0 amide bonds. The lowest BCUT2D eigenvalue weighted by molar-refractivity contribution is 0.111. The van der Waals surface area contributed by atoms with Crippen molar-refractivity contribution in [2.75, 3.05) is 31.6 Å². The minimum Gasteiger partial charge on any atom is -0.494 e. The summed E-state index contributed by atoms with van der Waals surface area (Å²) < 4.78 is 19.0.